The third-order valence-corrected chi connectivity index (χ3v) is 9.19. The van der Waals surface area contributed by atoms with Gasteiger partial charge in [0.25, 0.3) is 0 Å². The van der Waals surface area contributed by atoms with Crippen molar-refractivity contribution in [2.45, 2.75) is 12.8 Å². The second-order valence-electron chi connectivity index (χ2n) is 9.94. The Balaban J connectivity index is 1.55. The third-order valence-electron chi connectivity index (χ3n) is 7.94. The molecular weight excluding hydrogens is 464 g/mol. The van der Waals surface area contributed by atoms with Gasteiger partial charge in [-0.2, -0.15) is 0 Å². The molecule has 0 amide bonds. The minimum absolute atomic E-state index is 1.13. The second-order valence-corrected chi connectivity index (χ2v) is 11.0. The predicted octanol–water partition coefficient (Wildman–Crippen LogP) is 10.7. The smallest absolute Gasteiger partial charge is 0.0430 e. The third kappa shape index (κ3) is 3.08. The van der Waals surface area contributed by atoms with Crippen molar-refractivity contribution in [2.75, 3.05) is 0 Å². The molecule has 0 saturated carbocycles. The lowest BCUT2D eigenvalue weighted by molar-refractivity contribution is 1.01. The van der Waals surface area contributed by atoms with Crippen molar-refractivity contribution in [1.29, 1.82) is 0 Å². The molecule has 174 valence electrons. The van der Waals surface area contributed by atoms with E-state index >= 15 is 0 Å². The van der Waals surface area contributed by atoms with Crippen LogP contribution in [0.2, 0.25) is 0 Å². The normalized spacial score (nSPS) is 13.1. The number of hydrogen-bond acceptors (Lipinski definition) is 1. The van der Waals surface area contributed by atoms with Crippen LogP contribution in [0.15, 0.2) is 115 Å². The SMILES string of the molecule is C1=Cc2sc3c(-c4c5ccccc5c(-c5cccc6ccccc56)c5ccccc45)cccc3c2CC1. The Morgan fingerprint density at radius 1 is 0.486 bits per heavy atom. The van der Waals surface area contributed by atoms with Crippen LogP contribution in [0.4, 0.5) is 0 Å². The fraction of sp³-hybridized carbons (Fsp3) is 0.0556. The van der Waals surface area contributed by atoms with Crippen LogP contribution in [0.5, 0.6) is 0 Å². The summed E-state index contributed by atoms with van der Waals surface area (Å²) < 4.78 is 1.41. The van der Waals surface area contributed by atoms with Crippen LogP contribution >= 0.6 is 11.3 Å². The molecule has 0 unspecified atom stereocenters. The Labute approximate surface area is 220 Å². The molecule has 0 spiro atoms. The largest absolute Gasteiger partial charge is 0.135 e. The van der Waals surface area contributed by atoms with Crippen LogP contribution in [0.25, 0.3) is 70.7 Å². The van der Waals surface area contributed by atoms with E-state index in [9.17, 15) is 0 Å². The van der Waals surface area contributed by atoms with Crippen molar-refractivity contribution in [3.8, 4) is 22.3 Å². The summed E-state index contributed by atoms with van der Waals surface area (Å²) in [6.45, 7) is 0. The lowest BCUT2D eigenvalue weighted by Crippen LogP contribution is -1.92. The van der Waals surface area contributed by atoms with E-state index in [1.165, 1.54) is 75.1 Å². The number of hydrogen-bond donors (Lipinski definition) is 0. The second kappa shape index (κ2) is 8.16. The highest BCUT2D eigenvalue weighted by atomic mass is 32.1. The Morgan fingerprint density at radius 2 is 1.03 bits per heavy atom. The molecule has 0 nitrogen and oxygen atoms in total. The zero-order valence-electron chi connectivity index (χ0n) is 20.4. The first-order valence-corrected chi connectivity index (χ1v) is 13.8. The Bertz CT molecular complexity index is 1970. The Morgan fingerprint density at radius 3 is 1.76 bits per heavy atom. The van der Waals surface area contributed by atoms with E-state index in [-0.39, 0.29) is 0 Å². The van der Waals surface area contributed by atoms with E-state index in [4.69, 9.17) is 0 Å². The molecule has 7 aromatic rings. The molecule has 0 aliphatic heterocycles. The van der Waals surface area contributed by atoms with Crippen molar-refractivity contribution < 1.29 is 0 Å². The summed E-state index contributed by atoms with van der Waals surface area (Å²) in [5, 5.41) is 9.26. The number of aryl methyl sites for hydroxylation is 1. The summed E-state index contributed by atoms with van der Waals surface area (Å²) in [6, 6.07) is 40.4. The van der Waals surface area contributed by atoms with E-state index < -0.39 is 0 Å². The molecule has 0 radical (unpaired) electrons. The zero-order valence-corrected chi connectivity index (χ0v) is 21.2. The van der Waals surface area contributed by atoms with Crippen LogP contribution in [-0.4, -0.2) is 0 Å². The highest BCUT2D eigenvalue weighted by Crippen LogP contribution is 2.48. The van der Waals surface area contributed by atoms with Crippen molar-refractivity contribution in [3.05, 3.63) is 126 Å². The van der Waals surface area contributed by atoms with E-state index in [1.54, 1.807) is 0 Å². The van der Waals surface area contributed by atoms with Crippen molar-refractivity contribution in [2.24, 2.45) is 0 Å². The van der Waals surface area contributed by atoms with Crippen LogP contribution in [0, 0.1) is 0 Å². The van der Waals surface area contributed by atoms with Gasteiger partial charge < -0.3 is 0 Å². The maximum absolute atomic E-state index is 2.33. The van der Waals surface area contributed by atoms with Crippen molar-refractivity contribution in [1.82, 2.24) is 0 Å². The fourth-order valence-electron chi connectivity index (χ4n) is 6.35. The molecular formula is C36H24S. The van der Waals surface area contributed by atoms with Crippen molar-refractivity contribution in [3.63, 3.8) is 0 Å². The predicted molar refractivity (Wildman–Crippen MR) is 163 cm³/mol. The standard InChI is InChI=1S/C36H24S/c1-2-13-24-23(11-1)12-9-19-26(24)34-27-15-3-5-17-29(27)35(30-18-6-4-16-28(30)34)32-21-10-20-31-25-14-7-8-22-33(25)37-36(31)32/h1-6,8-13,15-22H,7,14H2. The van der Waals surface area contributed by atoms with Gasteiger partial charge in [0.2, 0.25) is 0 Å². The number of thiophene rings is 1. The van der Waals surface area contributed by atoms with Crippen LogP contribution in [0.3, 0.4) is 0 Å². The average molecular weight is 489 g/mol. The van der Waals surface area contributed by atoms with Crippen LogP contribution < -0.4 is 0 Å². The molecule has 0 bridgehead atoms. The summed E-state index contributed by atoms with van der Waals surface area (Å²) in [5.41, 5.74) is 6.84. The fourth-order valence-corrected chi connectivity index (χ4v) is 7.65. The van der Waals surface area contributed by atoms with Gasteiger partial charge in [0.1, 0.15) is 0 Å². The summed E-state index contributed by atoms with van der Waals surface area (Å²) in [4.78, 5) is 1.43. The molecule has 1 aliphatic carbocycles. The van der Waals surface area contributed by atoms with Gasteiger partial charge in [-0.15, -0.1) is 11.3 Å². The minimum atomic E-state index is 1.13. The average Bonchev–Trinajstić information content (AvgIpc) is 3.35. The van der Waals surface area contributed by atoms with Gasteiger partial charge in [0, 0.05) is 15.1 Å². The zero-order chi connectivity index (χ0) is 24.3. The number of fused-ring (bicyclic) bond motifs is 6. The molecule has 0 atom stereocenters. The summed E-state index contributed by atoms with van der Waals surface area (Å²) >= 11 is 1.95. The van der Waals surface area contributed by atoms with Gasteiger partial charge in [-0.25, -0.2) is 0 Å². The highest BCUT2D eigenvalue weighted by molar-refractivity contribution is 7.20. The minimum Gasteiger partial charge on any atom is -0.135 e. The van der Waals surface area contributed by atoms with Crippen molar-refractivity contribution >= 4 is 59.8 Å². The molecule has 0 saturated heterocycles. The molecule has 1 aromatic heterocycles. The van der Waals surface area contributed by atoms with Gasteiger partial charge in [-0.05, 0) is 78.9 Å². The van der Waals surface area contributed by atoms with Crippen LogP contribution in [0.1, 0.15) is 16.9 Å². The first kappa shape index (κ1) is 20.9. The topological polar surface area (TPSA) is 0 Å². The Hall–Kier alpha value is -4.20. The van der Waals surface area contributed by atoms with E-state index in [0.29, 0.717) is 0 Å². The van der Waals surface area contributed by atoms with Crippen LogP contribution in [-0.2, 0) is 6.42 Å². The first-order valence-electron chi connectivity index (χ1n) is 13.0. The lowest BCUT2D eigenvalue weighted by atomic mass is 9.84. The number of benzene rings is 6. The lowest BCUT2D eigenvalue weighted by Gasteiger charge is -2.19. The summed E-state index contributed by atoms with van der Waals surface area (Å²) in [7, 11) is 0. The van der Waals surface area contributed by atoms with Gasteiger partial charge in [0.05, 0.1) is 0 Å². The van der Waals surface area contributed by atoms with Gasteiger partial charge in [-0.1, -0.05) is 115 Å². The number of rotatable bonds is 2. The van der Waals surface area contributed by atoms with E-state index in [2.05, 4.69) is 121 Å². The molecule has 1 heterocycles. The molecule has 0 fully saturated rings. The molecule has 1 aliphatic rings. The maximum Gasteiger partial charge on any atom is 0.0430 e. The van der Waals surface area contributed by atoms with Gasteiger partial charge in [0.15, 0.2) is 0 Å². The highest BCUT2D eigenvalue weighted by Gasteiger charge is 2.21. The summed E-state index contributed by atoms with van der Waals surface area (Å²) in [5.74, 6) is 0. The van der Waals surface area contributed by atoms with Gasteiger partial charge in [-0.3, -0.25) is 0 Å². The summed E-state index contributed by atoms with van der Waals surface area (Å²) in [6.07, 6.45) is 6.92. The Kier molecular flexibility index (Phi) is 4.62. The van der Waals surface area contributed by atoms with Gasteiger partial charge >= 0.3 is 0 Å². The maximum atomic E-state index is 2.33. The molecule has 37 heavy (non-hydrogen) atoms. The molecule has 6 aromatic carbocycles. The monoisotopic (exact) mass is 488 g/mol. The molecule has 8 rings (SSSR count). The first-order chi connectivity index (χ1) is 18.4. The molecule has 0 N–H and O–H groups in total. The van der Waals surface area contributed by atoms with E-state index in [0.717, 1.165) is 12.8 Å². The quantitative estimate of drug-likeness (QED) is 0.212. The van der Waals surface area contributed by atoms with E-state index in [1.807, 2.05) is 11.3 Å². The molecule has 1 heteroatoms. The number of allylic oxidation sites excluding steroid dienone is 1.